The molecule has 2 aromatic carbocycles. The van der Waals surface area contributed by atoms with E-state index in [0.717, 1.165) is 46.8 Å². The lowest BCUT2D eigenvalue weighted by molar-refractivity contribution is -0.137. The van der Waals surface area contributed by atoms with E-state index in [4.69, 9.17) is 4.74 Å². The number of nitrogens with zero attached hydrogens (tertiary/aromatic N) is 2. The molecular weight excluding hydrogens is 481 g/mol. The van der Waals surface area contributed by atoms with Crippen molar-refractivity contribution in [1.29, 1.82) is 0 Å². The number of benzene rings is 2. The predicted octanol–water partition coefficient (Wildman–Crippen LogP) is 5.56. The maximum Gasteiger partial charge on any atom is 0.439 e. The molecule has 2 heterocycles. The normalized spacial score (nSPS) is 11.7. The van der Waals surface area contributed by atoms with Crippen LogP contribution in [-0.4, -0.2) is 21.7 Å². The van der Waals surface area contributed by atoms with E-state index in [9.17, 15) is 18.0 Å². The number of hydrogen-bond donors (Lipinski definition) is 2. The van der Waals surface area contributed by atoms with Gasteiger partial charge in [0.2, 0.25) is 0 Å². The maximum absolute atomic E-state index is 12.9. The lowest BCUT2D eigenvalue weighted by Crippen LogP contribution is -2.15. The summed E-state index contributed by atoms with van der Waals surface area (Å²) in [6.07, 6.45) is -3.42. The van der Waals surface area contributed by atoms with Crippen molar-refractivity contribution in [2.24, 2.45) is 0 Å². The molecule has 2 N–H and O–H groups in total. The number of ether oxygens (including phenoxy) is 1. The van der Waals surface area contributed by atoms with E-state index in [1.54, 1.807) is 12.1 Å². The first-order valence-corrected chi connectivity index (χ1v) is 11.7. The molecule has 0 aliphatic carbocycles. The Morgan fingerprint density at radius 2 is 1.94 bits per heavy atom. The third-order valence-corrected chi connectivity index (χ3v) is 6.34. The first kappa shape index (κ1) is 24.7. The second kappa shape index (κ2) is 10.4. The number of aromatic amines is 1. The number of nitrogens with one attached hydrogen (secondary N) is 2. The van der Waals surface area contributed by atoms with E-state index in [1.165, 1.54) is 23.5 Å². The molecule has 0 unspecified atom stereocenters. The molecular formula is C24H23F3N4O3S. The van der Waals surface area contributed by atoms with Gasteiger partial charge in [0.15, 0.2) is 5.82 Å². The Hall–Kier alpha value is -3.44. The predicted molar refractivity (Wildman–Crippen MR) is 126 cm³/mol. The zero-order chi connectivity index (χ0) is 25.0. The van der Waals surface area contributed by atoms with Crippen LogP contribution in [0.2, 0.25) is 0 Å². The molecule has 35 heavy (non-hydrogen) atoms. The highest BCUT2D eigenvalue weighted by Crippen LogP contribution is 2.34. The van der Waals surface area contributed by atoms with E-state index in [0.29, 0.717) is 28.7 Å². The van der Waals surface area contributed by atoms with Crippen LogP contribution in [0.1, 0.15) is 35.0 Å². The summed E-state index contributed by atoms with van der Waals surface area (Å²) in [7, 11) is 0. The molecule has 0 aliphatic rings. The minimum Gasteiger partial charge on any atom is -0.488 e. The van der Waals surface area contributed by atoms with Gasteiger partial charge in [0.25, 0.3) is 0 Å². The number of thiazole rings is 1. The Balaban J connectivity index is 1.53. The van der Waals surface area contributed by atoms with E-state index < -0.39 is 17.5 Å². The number of aromatic nitrogens is 3. The Bertz CT molecular complexity index is 1340. The average molecular weight is 505 g/mol. The summed E-state index contributed by atoms with van der Waals surface area (Å²) in [5.41, 5.74) is 2.28. The summed E-state index contributed by atoms with van der Waals surface area (Å²) in [4.78, 5) is 19.3. The van der Waals surface area contributed by atoms with E-state index >= 15 is 0 Å². The Labute approximate surface area is 203 Å². The summed E-state index contributed by atoms with van der Waals surface area (Å²) in [6, 6.07) is 10.4. The van der Waals surface area contributed by atoms with Crippen LogP contribution >= 0.6 is 11.3 Å². The van der Waals surface area contributed by atoms with E-state index in [2.05, 4.69) is 31.9 Å². The smallest absolute Gasteiger partial charge is 0.439 e. The average Bonchev–Trinajstić information content (AvgIpc) is 3.43. The van der Waals surface area contributed by atoms with E-state index in [-0.39, 0.29) is 6.61 Å². The lowest BCUT2D eigenvalue weighted by Gasteiger charge is -2.09. The number of alkyl halides is 3. The van der Waals surface area contributed by atoms with Gasteiger partial charge >= 0.3 is 11.9 Å². The lowest BCUT2D eigenvalue weighted by atomic mass is 10.1. The molecule has 184 valence electrons. The number of rotatable bonds is 9. The fourth-order valence-corrected chi connectivity index (χ4v) is 4.43. The second-order valence-electron chi connectivity index (χ2n) is 7.85. The summed E-state index contributed by atoms with van der Waals surface area (Å²) in [5, 5.41) is 7.65. The number of H-pyrrole nitrogens is 1. The molecule has 0 saturated heterocycles. The zero-order valence-electron chi connectivity index (χ0n) is 19.0. The van der Waals surface area contributed by atoms with Crippen LogP contribution in [0.15, 0.2) is 51.8 Å². The molecule has 0 radical (unpaired) electrons. The van der Waals surface area contributed by atoms with Crippen LogP contribution in [0.3, 0.4) is 0 Å². The highest BCUT2D eigenvalue weighted by Gasteiger charge is 2.30. The fraction of sp³-hybridized carbons (Fsp3) is 0.292. The van der Waals surface area contributed by atoms with Crippen LogP contribution in [0.5, 0.6) is 5.75 Å². The molecule has 0 spiro atoms. The molecule has 0 bridgehead atoms. The molecule has 0 atom stereocenters. The van der Waals surface area contributed by atoms with Crippen LogP contribution in [0, 0.1) is 6.92 Å². The molecule has 4 rings (SSSR count). The van der Waals surface area contributed by atoms with Crippen LogP contribution in [0.4, 0.5) is 13.2 Å². The van der Waals surface area contributed by atoms with Gasteiger partial charge in [-0.15, -0.1) is 11.3 Å². The molecule has 0 saturated carbocycles. The molecule has 0 aliphatic heterocycles. The van der Waals surface area contributed by atoms with Gasteiger partial charge in [-0.3, -0.25) is 9.51 Å². The minimum absolute atomic E-state index is 0.251. The molecule has 7 nitrogen and oxygen atoms in total. The second-order valence-corrected chi connectivity index (χ2v) is 8.93. The largest absolute Gasteiger partial charge is 0.488 e. The van der Waals surface area contributed by atoms with Gasteiger partial charge < -0.3 is 10.1 Å². The summed E-state index contributed by atoms with van der Waals surface area (Å²) >= 11 is 1.39. The van der Waals surface area contributed by atoms with Crippen molar-refractivity contribution in [3.05, 3.63) is 74.7 Å². The van der Waals surface area contributed by atoms with Crippen molar-refractivity contribution in [3.63, 3.8) is 0 Å². The SMILES string of the molecule is CCCNCc1nc(-c2ccc(C(F)(F)F)cc2)sc1COc1ccc(-c2noc(=O)[nH]2)c(C)c1. The molecule has 0 fully saturated rings. The summed E-state index contributed by atoms with van der Waals surface area (Å²) < 4.78 is 49.3. The summed E-state index contributed by atoms with van der Waals surface area (Å²) in [6.45, 7) is 5.53. The molecule has 0 amide bonds. The number of aryl methyl sites for hydroxylation is 1. The van der Waals surface area contributed by atoms with Crippen LogP contribution < -0.4 is 15.8 Å². The Morgan fingerprint density at radius 3 is 2.57 bits per heavy atom. The van der Waals surface area contributed by atoms with Gasteiger partial charge in [-0.25, -0.2) is 9.78 Å². The van der Waals surface area contributed by atoms with E-state index in [1.807, 2.05) is 13.0 Å². The maximum atomic E-state index is 12.9. The van der Waals surface area contributed by atoms with Crippen molar-refractivity contribution in [2.75, 3.05) is 6.54 Å². The van der Waals surface area contributed by atoms with Gasteiger partial charge in [0.1, 0.15) is 17.4 Å². The number of hydrogen-bond acceptors (Lipinski definition) is 7. The van der Waals surface area contributed by atoms with Crippen molar-refractivity contribution in [1.82, 2.24) is 20.4 Å². The van der Waals surface area contributed by atoms with Gasteiger partial charge in [-0.2, -0.15) is 13.2 Å². The first-order valence-electron chi connectivity index (χ1n) is 10.9. The highest BCUT2D eigenvalue weighted by molar-refractivity contribution is 7.15. The first-order chi connectivity index (χ1) is 16.7. The topological polar surface area (TPSA) is 93.0 Å². The number of halogens is 3. The van der Waals surface area contributed by atoms with Crippen LogP contribution in [0.25, 0.3) is 22.0 Å². The fourth-order valence-electron chi connectivity index (χ4n) is 3.43. The zero-order valence-corrected chi connectivity index (χ0v) is 19.8. The highest BCUT2D eigenvalue weighted by atomic mass is 32.1. The van der Waals surface area contributed by atoms with Gasteiger partial charge in [-0.05, 0) is 55.8 Å². The van der Waals surface area contributed by atoms with Crippen molar-refractivity contribution >= 4 is 11.3 Å². The molecule has 4 aromatic rings. The van der Waals surface area contributed by atoms with Crippen molar-refractivity contribution < 1.29 is 22.4 Å². The standard InChI is InChI=1S/C24H23F3N4O3S/c1-3-10-28-12-19-20(35-22(29-19)15-4-6-16(7-5-15)24(25,26)27)13-33-17-8-9-18(14(2)11-17)21-30-23(32)34-31-21/h4-9,11,28H,3,10,12-13H2,1-2H3,(H,30,31,32). The summed E-state index contributed by atoms with van der Waals surface area (Å²) in [5.74, 6) is 0.332. The monoisotopic (exact) mass is 504 g/mol. The quantitative estimate of drug-likeness (QED) is 0.290. The van der Waals surface area contributed by atoms with Crippen molar-refractivity contribution in [2.45, 2.75) is 39.6 Å². The third kappa shape index (κ3) is 5.98. The van der Waals surface area contributed by atoms with Gasteiger partial charge in [-0.1, -0.05) is 24.2 Å². The Kier molecular flexibility index (Phi) is 7.37. The van der Waals surface area contributed by atoms with Crippen molar-refractivity contribution in [3.8, 4) is 27.7 Å². The van der Waals surface area contributed by atoms with Gasteiger partial charge in [0.05, 0.1) is 16.1 Å². The molecule has 2 aromatic heterocycles. The van der Waals surface area contributed by atoms with Gasteiger partial charge in [0, 0.05) is 17.7 Å². The van der Waals surface area contributed by atoms with Crippen LogP contribution in [-0.2, 0) is 19.3 Å². The third-order valence-electron chi connectivity index (χ3n) is 5.22. The Morgan fingerprint density at radius 1 is 1.17 bits per heavy atom. The molecule has 11 heteroatoms. The minimum atomic E-state index is -4.38.